The molecule has 2 heterocycles. The van der Waals surface area contributed by atoms with Crippen molar-refractivity contribution >= 4 is 48.1 Å². The summed E-state index contributed by atoms with van der Waals surface area (Å²) in [6, 6.07) is 5.06. The van der Waals surface area contributed by atoms with Crippen LogP contribution in [0.25, 0.3) is 21.5 Å². The van der Waals surface area contributed by atoms with Gasteiger partial charge in [-0.15, -0.1) is 10.2 Å². The molecule has 0 unspecified atom stereocenters. The molecular weight excluding hydrogens is 404 g/mol. The minimum Gasteiger partial charge on any atom is -0.463 e. The SMILES string of the molecule is CC(C)S(=O)(=O)c1nnc(-c2coc3cc(Br)ccc3c2=O)s1. The van der Waals surface area contributed by atoms with Gasteiger partial charge in [0.1, 0.15) is 11.8 Å². The van der Waals surface area contributed by atoms with Crippen molar-refractivity contribution in [3.05, 3.63) is 39.2 Å². The van der Waals surface area contributed by atoms with Crippen molar-refractivity contribution in [2.24, 2.45) is 0 Å². The van der Waals surface area contributed by atoms with Gasteiger partial charge in [0, 0.05) is 4.47 Å². The first-order chi connectivity index (χ1) is 10.8. The third-order valence-electron chi connectivity index (χ3n) is 3.24. The first-order valence-corrected chi connectivity index (χ1v) is 9.75. The smallest absolute Gasteiger partial charge is 0.233 e. The van der Waals surface area contributed by atoms with E-state index in [2.05, 4.69) is 26.1 Å². The second-order valence-electron chi connectivity index (χ2n) is 5.09. The number of nitrogens with zero attached hydrogens (tertiary/aromatic N) is 2. The van der Waals surface area contributed by atoms with Crippen LogP contribution in [0.2, 0.25) is 0 Å². The van der Waals surface area contributed by atoms with Crippen molar-refractivity contribution < 1.29 is 12.8 Å². The molecule has 0 radical (unpaired) electrons. The number of rotatable bonds is 3. The molecule has 6 nitrogen and oxygen atoms in total. The van der Waals surface area contributed by atoms with Gasteiger partial charge >= 0.3 is 0 Å². The monoisotopic (exact) mass is 414 g/mol. The maximum absolute atomic E-state index is 12.5. The zero-order chi connectivity index (χ0) is 16.8. The average Bonchev–Trinajstić information content (AvgIpc) is 2.97. The number of fused-ring (bicyclic) bond motifs is 1. The number of hydrogen-bond acceptors (Lipinski definition) is 7. The maximum Gasteiger partial charge on any atom is 0.233 e. The highest BCUT2D eigenvalue weighted by Gasteiger charge is 2.25. The van der Waals surface area contributed by atoms with Gasteiger partial charge in [-0.25, -0.2) is 8.42 Å². The summed E-state index contributed by atoms with van der Waals surface area (Å²) in [7, 11) is -3.52. The van der Waals surface area contributed by atoms with Gasteiger partial charge in [0.2, 0.25) is 19.6 Å². The second-order valence-corrected chi connectivity index (χ2v) is 9.66. The highest BCUT2D eigenvalue weighted by Crippen LogP contribution is 2.28. The molecule has 0 atom stereocenters. The Morgan fingerprint density at radius 1 is 1.26 bits per heavy atom. The van der Waals surface area contributed by atoms with E-state index < -0.39 is 15.1 Å². The van der Waals surface area contributed by atoms with Crippen LogP contribution in [0.1, 0.15) is 13.8 Å². The molecule has 0 amide bonds. The van der Waals surface area contributed by atoms with E-state index >= 15 is 0 Å². The van der Waals surface area contributed by atoms with Gasteiger partial charge in [0.25, 0.3) is 0 Å². The minimum atomic E-state index is -3.52. The van der Waals surface area contributed by atoms with Crippen molar-refractivity contribution in [1.82, 2.24) is 10.2 Å². The molecule has 0 saturated carbocycles. The third kappa shape index (κ3) is 2.84. The molecule has 23 heavy (non-hydrogen) atoms. The van der Waals surface area contributed by atoms with Crippen LogP contribution < -0.4 is 5.43 Å². The number of hydrogen-bond donors (Lipinski definition) is 0. The van der Waals surface area contributed by atoms with Crippen LogP contribution in [-0.2, 0) is 9.84 Å². The minimum absolute atomic E-state index is 0.0993. The molecule has 0 N–H and O–H groups in total. The molecule has 2 aromatic heterocycles. The Morgan fingerprint density at radius 2 is 2.00 bits per heavy atom. The molecule has 0 aliphatic heterocycles. The van der Waals surface area contributed by atoms with E-state index in [1.807, 2.05) is 0 Å². The Hall–Kier alpha value is -1.58. The lowest BCUT2D eigenvalue weighted by atomic mass is 10.2. The lowest BCUT2D eigenvalue weighted by Crippen LogP contribution is -2.13. The van der Waals surface area contributed by atoms with E-state index in [4.69, 9.17) is 4.42 Å². The number of sulfone groups is 1. The van der Waals surface area contributed by atoms with Crippen molar-refractivity contribution in [2.75, 3.05) is 0 Å². The van der Waals surface area contributed by atoms with Crippen molar-refractivity contribution in [3.63, 3.8) is 0 Å². The molecular formula is C14H11BrN2O4S2. The van der Waals surface area contributed by atoms with Gasteiger partial charge in [-0.05, 0) is 32.0 Å². The van der Waals surface area contributed by atoms with Gasteiger partial charge in [-0.3, -0.25) is 4.79 Å². The number of halogens is 1. The van der Waals surface area contributed by atoms with Gasteiger partial charge in [0.05, 0.1) is 16.2 Å². The first-order valence-electron chi connectivity index (χ1n) is 6.59. The largest absolute Gasteiger partial charge is 0.463 e. The Balaban J connectivity index is 2.15. The molecule has 120 valence electrons. The number of aromatic nitrogens is 2. The second kappa shape index (κ2) is 5.81. The summed E-state index contributed by atoms with van der Waals surface area (Å²) in [5.74, 6) is 0. The fraction of sp³-hybridized carbons (Fsp3) is 0.214. The molecule has 3 rings (SSSR count). The lowest BCUT2D eigenvalue weighted by Gasteiger charge is -2.01. The van der Waals surface area contributed by atoms with Crippen molar-refractivity contribution in [2.45, 2.75) is 23.4 Å². The summed E-state index contributed by atoms with van der Waals surface area (Å²) in [6.07, 6.45) is 1.28. The molecule has 0 saturated heterocycles. The molecule has 1 aromatic carbocycles. The summed E-state index contributed by atoms with van der Waals surface area (Å²) in [5, 5.41) is 7.57. The summed E-state index contributed by atoms with van der Waals surface area (Å²) in [4.78, 5) is 12.5. The van der Waals surface area contributed by atoms with E-state index in [9.17, 15) is 13.2 Å². The normalized spacial score (nSPS) is 12.2. The zero-order valence-electron chi connectivity index (χ0n) is 12.1. The highest BCUT2D eigenvalue weighted by molar-refractivity contribution is 9.10. The Morgan fingerprint density at radius 3 is 2.70 bits per heavy atom. The lowest BCUT2D eigenvalue weighted by molar-refractivity contribution is 0.585. The van der Waals surface area contributed by atoms with E-state index in [-0.39, 0.29) is 20.3 Å². The molecule has 0 bridgehead atoms. The predicted molar refractivity (Wildman–Crippen MR) is 91.4 cm³/mol. The van der Waals surface area contributed by atoms with E-state index in [1.165, 1.54) is 6.26 Å². The maximum atomic E-state index is 12.5. The summed E-state index contributed by atoms with van der Waals surface area (Å²) < 4.78 is 30.4. The summed E-state index contributed by atoms with van der Waals surface area (Å²) in [5.41, 5.74) is 0.360. The van der Waals surface area contributed by atoms with Crippen LogP contribution in [0.5, 0.6) is 0 Å². The van der Waals surface area contributed by atoms with E-state index in [0.29, 0.717) is 11.0 Å². The average molecular weight is 415 g/mol. The Bertz CT molecular complexity index is 1050. The molecule has 3 aromatic rings. The molecule has 0 fully saturated rings. The standard InChI is InChI=1S/C14H11BrN2O4S2/c1-7(2)23(19,20)14-17-16-13(22-14)10-6-21-11-5-8(15)3-4-9(11)12(10)18/h3-7H,1-2H3. The van der Waals surface area contributed by atoms with Gasteiger partial charge < -0.3 is 4.42 Å². The van der Waals surface area contributed by atoms with Gasteiger partial charge in [-0.2, -0.15) is 0 Å². The molecule has 9 heteroatoms. The summed E-state index contributed by atoms with van der Waals surface area (Å²) in [6.45, 7) is 3.14. The van der Waals surface area contributed by atoms with Crippen LogP contribution in [-0.4, -0.2) is 23.9 Å². The zero-order valence-corrected chi connectivity index (χ0v) is 15.3. The Labute approximate surface area is 144 Å². The molecule has 0 aliphatic rings. The highest BCUT2D eigenvalue weighted by atomic mass is 79.9. The van der Waals surface area contributed by atoms with Gasteiger partial charge in [0.15, 0.2) is 5.01 Å². The predicted octanol–water partition coefficient (Wildman–Crippen LogP) is 3.26. The van der Waals surface area contributed by atoms with Crippen LogP contribution in [0.3, 0.4) is 0 Å². The van der Waals surface area contributed by atoms with Crippen LogP contribution >= 0.6 is 27.3 Å². The van der Waals surface area contributed by atoms with Crippen LogP contribution in [0.15, 0.2) is 42.5 Å². The van der Waals surface area contributed by atoms with E-state index in [1.54, 1.807) is 32.0 Å². The van der Waals surface area contributed by atoms with Crippen LogP contribution in [0, 0.1) is 0 Å². The van der Waals surface area contributed by atoms with Gasteiger partial charge in [-0.1, -0.05) is 27.3 Å². The number of benzene rings is 1. The topological polar surface area (TPSA) is 90.1 Å². The first kappa shape index (κ1) is 16.3. The summed E-state index contributed by atoms with van der Waals surface area (Å²) >= 11 is 4.18. The van der Waals surface area contributed by atoms with Crippen molar-refractivity contribution in [1.29, 1.82) is 0 Å². The molecule has 0 spiro atoms. The fourth-order valence-corrected chi connectivity index (χ4v) is 4.64. The quantitative estimate of drug-likeness (QED) is 0.652. The third-order valence-corrected chi connectivity index (χ3v) is 7.24. The fourth-order valence-electron chi connectivity index (χ4n) is 1.89. The molecule has 0 aliphatic carbocycles. The Kier molecular flexibility index (Phi) is 4.11. The van der Waals surface area contributed by atoms with Crippen molar-refractivity contribution in [3.8, 4) is 10.6 Å². The van der Waals surface area contributed by atoms with Crippen LogP contribution in [0.4, 0.5) is 0 Å². The van der Waals surface area contributed by atoms with E-state index in [0.717, 1.165) is 15.8 Å².